The van der Waals surface area contributed by atoms with E-state index < -0.39 is 6.09 Å². The third kappa shape index (κ3) is 4.16. The molecule has 0 atom stereocenters. The number of benzene rings is 1. The molecule has 2 N–H and O–H groups in total. The second kappa shape index (κ2) is 7.72. The van der Waals surface area contributed by atoms with Gasteiger partial charge in [-0.2, -0.15) is 0 Å². The molecule has 1 amide bonds. The molecule has 0 radical (unpaired) electrons. The first-order chi connectivity index (χ1) is 10.6. The minimum atomic E-state index is -0.616. The largest absolute Gasteiger partial charge is 0.450 e. The maximum Gasteiger partial charge on any atom is 0.413 e. The lowest BCUT2D eigenvalue weighted by Gasteiger charge is -2.13. The average molecular weight is 336 g/mol. The van der Waals surface area contributed by atoms with Crippen LogP contribution < -0.4 is 10.6 Å². The molecule has 0 aliphatic rings. The number of carbonyl (C=O) groups excluding carboxylic acids is 1. The molecule has 114 valence electrons. The Morgan fingerprint density at radius 3 is 2.73 bits per heavy atom. The molecule has 1 heterocycles. The van der Waals surface area contributed by atoms with Gasteiger partial charge in [-0.1, -0.05) is 29.8 Å². The van der Waals surface area contributed by atoms with Crippen molar-refractivity contribution in [3.05, 3.63) is 47.6 Å². The van der Waals surface area contributed by atoms with Gasteiger partial charge in [0.15, 0.2) is 5.11 Å². The SMILES string of the molecule is CCOC(=O)NC(=S)Nc1ncccc1-c1ccccc1Cl. The number of hydrogen-bond donors (Lipinski definition) is 2. The number of anilines is 1. The van der Waals surface area contributed by atoms with Gasteiger partial charge < -0.3 is 10.1 Å². The third-order valence-corrected chi connectivity index (χ3v) is 3.23. The fraction of sp³-hybridized carbons (Fsp3) is 0.133. The second-order valence-electron chi connectivity index (χ2n) is 4.18. The summed E-state index contributed by atoms with van der Waals surface area (Å²) in [6.45, 7) is 1.98. The zero-order valence-corrected chi connectivity index (χ0v) is 13.4. The summed E-state index contributed by atoms with van der Waals surface area (Å²) in [4.78, 5) is 15.6. The molecule has 1 aromatic carbocycles. The molecule has 7 heteroatoms. The van der Waals surface area contributed by atoms with E-state index in [-0.39, 0.29) is 11.7 Å². The van der Waals surface area contributed by atoms with Gasteiger partial charge in [0.05, 0.1) is 6.61 Å². The number of ether oxygens (including phenoxy) is 1. The van der Waals surface area contributed by atoms with Crippen LogP contribution in [-0.4, -0.2) is 22.8 Å². The minimum absolute atomic E-state index is 0.102. The molecule has 0 fully saturated rings. The van der Waals surface area contributed by atoms with Gasteiger partial charge in [-0.3, -0.25) is 5.32 Å². The van der Waals surface area contributed by atoms with Crippen molar-refractivity contribution < 1.29 is 9.53 Å². The Morgan fingerprint density at radius 2 is 2.00 bits per heavy atom. The molecule has 2 aromatic rings. The van der Waals surface area contributed by atoms with Crippen LogP contribution in [0.25, 0.3) is 11.1 Å². The van der Waals surface area contributed by atoms with Crippen LogP contribution in [0.1, 0.15) is 6.92 Å². The fourth-order valence-electron chi connectivity index (χ4n) is 1.80. The van der Waals surface area contributed by atoms with Crippen molar-refractivity contribution in [2.75, 3.05) is 11.9 Å². The van der Waals surface area contributed by atoms with E-state index in [1.807, 2.05) is 24.3 Å². The molecule has 0 aliphatic carbocycles. The fourth-order valence-corrected chi connectivity index (χ4v) is 2.22. The van der Waals surface area contributed by atoms with Crippen LogP contribution >= 0.6 is 23.8 Å². The lowest BCUT2D eigenvalue weighted by Crippen LogP contribution is -2.34. The molecule has 0 saturated carbocycles. The Hall–Kier alpha value is -2.18. The van der Waals surface area contributed by atoms with Crippen LogP contribution in [0.2, 0.25) is 5.02 Å². The van der Waals surface area contributed by atoms with Crippen LogP contribution in [0.5, 0.6) is 0 Å². The zero-order valence-electron chi connectivity index (χ0n) is 11.8. The molecular weight excluding hydrogens is 322 g/mol. The standard InChI is InChI=1S/C15H14ClN3O2S/c1-2-21-15(20)19-14(22)18-13-11(7-5-9-17-13)10-6-3-4-8-12(10)16/h3-9H,2H2,1H3,(H2,17,18,19,20,22). The Labute approximate surface area is 138 Å². The number of rotatable bonds is 3. The number of thiocarbonyl (C=S) groups is 1. The maximum absolute atomic E-state index is 11.4. The number of carbonyl (C=O) groups is 1. The zero-order chi connectivity index (χ0) is 15.9. The van der Waals surface area contributed by atoms with Gasteiger partial charge in [-0.05, 0) is 37.3 Å². The van der Waals surface area contributed by atoms with Gasteiger partial charge in [0, 0.05) is 22.3 Å². The van der Waals surface area contributed by atoms with Crippen LogP contribution in [0, 0.1) is 0 Å². The molecule has 0 aliphatic heterocycles. The second-order valence-corrected chi connectivity index (χ2v) is 4.99. The molecule has 0 unspecified atom stereocenters. The van der Waals surface area contributed by atoms with Gasteiger partial charge >= 0.3 is 6.09 Å². The van der Waals surface area contributed by atoms with Crippen molar-refractivity contribution >= 4 is 40.8 Å². The first kappa shape index (κ1) is 16.2. The van der Waals surface area contributed by atoms with E-state index >= 15 is 0 Å². The van der Waals surface area contributed by atoms with E-state index in [0.29, 0.717) is 10.8 Å². The smallest absolute Gasteiger partial charge is 0.413 e. The van der Waals surface area contributed by atoms with Gasteiger partial charge in [0.2, 0.25) is 0 Å². The predicted molar refractivity (Wildman–Crippen MR) is 91.1 cm³/mol. The Balaban J connectivity index is 2.21. The molecule has 0 bridgehead atoms. The minimum Gasteiger partial charge on any atom is -0.450 e. The van der Waals surface area contributed by atoms with Crippen molar-refractivity contribution in [3.8, 4) is 11.1 Å². The van der Waals surface area contributed by atoms with Gasteiger partial charge in [-0.25, -0.2) is 9.78 Å². The summed E-state index contributed by atoms with van der Waals surface area (Å²) in [5.41, 5.74) is 1.60. The molecule has 1 aromatic heterocycles. The lowest BCUT2D eigenvalue weighted by molar-refractivity contribution is 0.158. The van der Waals surface area contributed by atoms with Crippen LogP contribution in [0.3, 0.4) is 0 Å². The highest BCUT2D eigenvalue weighted by molar-refractivity contribution is 7.80. The first-order valence-electron chi connectivity index (χ1n) is 6.56. The summed E-state index contributed by atoms with van der Waals surface area (Å²) in [5, 5.41) is 5.99. The van der Waals surface area contributed by atoms with Gasteiger partial charge in [0.1, 0.15) is 5.82 Å². The Kier molecular flexibility index (Phi) is 5.68. The van der Waals surface area contributed by atoms with Gasteiger partial charge in [0.25, 0.3) is 0 Å². The highest BCUT2D eigenvalue weighted by atomic mass is 35.5. The molecule has 2 rings (SSSR count). The van der Waals surface area contributed by atoms with Crippen LogP contribution in [0.4, 0.5) is 10.6 Å². The topological polar surface area (TPSA) is 63.2 Å². The van der Waals surface area contributed by atoms with Crippen LogP contribution in [-0.2, 0) is 4.74 Å². The summed E-state index contributed by atoms with van der Waals surface area (Å²) < 4.78 is 4.77. The third-order valence-electron chi connectivity index (χ3n) is 2.69. The van der Waals surface area contributed by atoms with E-state index in [2.05, 4.69) is 15.6 Å². The number of amides is 1. The molecule has 0 saturated heterocycles. The molecule has 22 heavy (non-hydrogen) atoms. The van der Waals surface area contributed by atoms with E-state index in [4.69, 9.17) is 28.6 Å². The number of alkyl carbamates (subject to hydrolysis) is 1. The van der Waals surface area contributed by atoms with E-state index in [1.165, 1.54) is 0 Å². The number of pyridine rings is 1. The van der Waals surface area contributed by atoms with Crippen LogP contribution in [0.15, 0.2) is 42.6 Å². The average Bonchev–Trinajstić information content (AvgIpc) is 2.48. The van der Waals surface area contributed by atoms with Gasteiger partial charge in [-0.15, -0.1) is 0 Å². The highest BCUT2D eigenvalue weighted by Gasteiger charge is 2.11. The number of hydrogen-bond acceptors (Lipinski definition) is 4. The van der Waals surface area contributed by atoms with Crippen molar-refractivity contribution in [2.45, 2.75) is 6.92 Å². The number of aromatic nitrogens is 1. The first-order valence-corrected chi connectivity index (χ1v) is 7.35. The molecular formula is C15H14ClN3O2S. The quantitative estimate of drug-likeness (QED) is 0.834. The number of halogens is 1. The summed E-state index contributed by atoms with van der Waals surface area (Å²) >= 11 is 11.3. The van der Waals surface area contributed by atoms with Crippen molar-refractivity contribution in [3.63, 3.8) is 0 Å². The van der Waals surface area contributed by atoms with Crippen molar-refractivity contribution in [2.24, 2.45) is 0 Å². The predicted octanol–water partition coefficient (Wildman–Crippen LogP) is 3.84. The van der Waals surface area contributed by atoms with E-state index in [0.717, 1.165) is 11.1 Å². The van der Waals surface area contributed by atoms with E-state index in [1.54, 1.807) is 25.3 Å². The Bertz CT molecular complexity index is 694. The number of nitrogens with one attached hydrogen (secondary N) is 2. The molecule has 0 spiro atoms. The maximum atomic E-state index is 11.4. The normalized spacial score (nSPS) is 9.91. The Morgan fingerprint density at radius 1 is 1.27 bits per heavy atom. The summed E-state index contributed by atoms with van der Waals surface area (Å²) in [7, 11) is 0. The summed E-state index contributed by atoms with van der Waals surface area (Å²) in [6, 6.07) is 11.1. The van der Waals surface area contributed by atoms with Crippen molar-refractivity contribution in [1.82, 2.24) is 10.3 Å². The van der Waals surface area contributed by atoms with Crippen molar-refractivity contribution in [1.29, 1.82) is 0 Å². The lowest BCUT2D eigenvalue weighted by atomic mass is 10.1. The summed E-state index contributed by atoms with van der Waals surface area (Å²) in [5.74, 6) is 0.498. The molecule has 5 nitrogen and oxygen atoms in total. The highest BCUT2D eigenvalue weighted by Crippen LogP contribution is 2.31. The monoisotopic (exact) mass is 335 g/mol. The van der Waals surface area contributed by atoms with E-state index in [9.17, 15) is 4.79 Å². The number of nitrogens with zero attached hydrogens (tertiary/aromatic N) is 1. The summed E-state index contributed by atoms with van der Waals surface area (Å²) in [6.07, 6.45) is 1.01.